The van der Waals surface area contributed by atoms with Crippen LogP contribution in [0.2, 0.25) is 0 Å². The lowest BCUT2D eigenvalue weighted by Gasteiger charge is -2.44. The van der Waals surface area contributed by atoms with Crippen molar-refractivity contribution < 1.29 is 0 Å². The number of fused-ring (bicyclic) bond motifs is 2. The smallest absolute Gasteiger partial charge is 0.178 e. The summed E-state index contributed by atoms with van der Waals surface area (Å²) in [6.45, 7) is 6.41. The van der Waals surface area contributed by atoms with Crippen LogP contribution in [0.5, 0.6) is 0 Å². The van der Waals surface area contributed by atoms with E-state index in [1.165, 1.54) is 0 Å². The fraction of sp³-hybridized carbons (Fsp3) is 0.412. The summed E-state index contributed by atoms with van der Waals surface area (Å²) in [5.74, 6) is 2.59. The molecule has 0 unspecified atom stereocenters. The predicted octanol–water partition coefficient (Wildman–Crippen LogP) is 0.499. The van der Waals surface area contributed by atoms with Gasteiger partial charge in [0.2, 0.25) is 0 Å². The number of likely N-dealkylation sites (N-methyl/N-ethyl adjacent to an activating group) is 1. The summed E-state index contributed by atoms with van der Waals surface area (Å²) >= 11 is 0. The predicted molar refractivity (Wildman–Crippen MR) is 98.5 cm³/mol. The van der Waals surface area contributed by atoms with Crippen molar-refractivity contribution in [3.8, 4) is 0 Å². The molecule has 0 aromatic carbocycles. The van der Waals surface area contributed by atoms with E-state index >= 15 is 0 Å². The SMILES string of the molecule is Cc1ccc2nnc(CN(C)C3CN(c4ccc5nnc(C)n5n4)C3)n2n1. The summed E-state index contributed by atoms with van der Waals surface area (Å²) in [6.07, 6.45) is 0. The van der Waals surface area contributed by atoms with E-state index in [0.29, 0.717) is 12.6 Å². The Kier molecular flexibility index (Phi) is 3.54. The highest BCUT2D eigenvalue weighted by atomic mass is 15.4. The quantitative estimate of drug-likeness (QED) is 0.517. The fourth-order valence-corrected chi connectivity index (χ4v) is 3.35. The van der Waals surface area contributed by atoms with Crippen LogP contribution in [-0.4, -0.2) is 70.7 Å². The highest BCUT2D eigenvalue weighted by molar-refractivity contribution is 5.48. The van der Waals surface area contributed by atoms with Crippen molar-refractivity contribution in [2.45, 2.75) is 26.4 Å². The second kappa shape index (κ2) is 5.95. The molecule has 0 N–H and O–H groups in total. The van der Waals surface area contributed by atoms with E-state index in [0.717, 1.165) is 47.5 Å². The van der Waals surface area contributed by atoms with Gasteiger partial charge in [-0.1, -0.05) is 0 Å². The van der Waals surface area contributed by atoms with Gasteiger partial charge in [0.1, 0.15) is 5.82 Å². The van der Waals surface area contributed by atoms with Crippen LogP contribution < -0.4 is 4.90 Å². The van der Waals surface area contributed by atoms with Crippen LogP contribution in [-0.2, 0) is 6.54 Å². The summed E-state index contributed by atoms with van der Waals surface area (Å²) < 4.78 is 3.61. The molecule has 10 heteroatoms. The van der Waals surface area contributed by atoms with Crippen LogP contribution in [0.3, 0.4) is 0 Å². The largest absolute Gasteiger partial charge is 0.352 e. The molecule has 27 heavy (non-hydrogen) atoms. The average molecular weight is 364 g/mol. The molecule has 138 valence electrons. The Hall–Kier alpha value is -3.14. The summed E-state index contributed by atoms with van der Waals surface area (Å²) in [4.78, 5) is 4.55. The molecular formula is C17H20N10. The van der Waals surface area contributed by atoms with Gasteiger partial charge in [-0.05, 0) is 45.2 Å². The summed E-state index contributed by atoms with van der Waals surface area (Å²) in [6, 6.07) is 8.27. The zero-order valence-electron chi connectivity index (χ0n) is 15.5. The van der Waals surface area contributed by atoms with Crippen molar-refractivity contribution in [3.63, 3.8) is 0 Å². The number of nitrogens with zero attached hydrogens (tertiary/aromatic N) is 10. The minimum absolute atomic E-state index is 0.432. The highest BCUT2D eigenvalue weighted by Crippen LogP contribution is 2.22. The molecule has 0 amide bonds. The van der Waals surface area contributed by atoms with Gasteiger partial charge in [-0.25, -0.2) is 0 Å². The van der Waals surface area contributed by atoms with E-state index < -0.39 is 0 Å². The van der Waals surface area contributed by atoms with Gasteiger partial charge in [0.05, 0.1) is 12.2 Å². The van der Waals surface area contributed by atoms with E-state index in [4.69, 9.17) is 0 Å². The topological polar surface area (TPSA) is 92.6 Å². The highest BCUT2D eigenvalue weighted by Gasteiger charge is 2.32. The van der Waals surface area contributed by atoms with E-state index in [1.54, 1.807) is 4.52 Å². The molecular weight excluding hydrogens is 344 g/mol. The molecule has 0 atom stereocenters. The summed E-state index contributed by atoms with van der Waals surface area (Å²) in [5.41, 5.74) is 2.50. The van der Waals surface area contributed by atoms with Gasteiger partial charge in [-0.3, -0.25) is 4.90 Å². The molecule has 5 heterocycles. The van der Waals surface area contributed by atoms with Crippen molar-refractivity contribution in [2.24, 2.45) is 0 Å². The molecule has 0 spiro atoms. The Morgan fingerprint density at radius 3 is 2.52 bits per heavy atom. The lowest BCUT2D eigenvalue weighted by Crippen LogP contribution is -2.58. The molecule has 1 fully saturated rings. The monoisotopic (exact) mass is 364 g/mol. The molecule has 4 aromatic rings. The first-order valence-electron chi connectivity index (χ1n) is 8.91. The molecule has 5 rings (SSSR count). The standard InChI is InChI=1S/C17H20N10/c1-11-4-5-15-20-21-17(27(15)22-11)10-24(3)13-8-25(9-13)16-7-6-14-19-18-12(2)26(14)23-16/h4-7,13H,8-10H2,1-3H3. The number of anilines is 1. The van der Waals surface area contributed by atoms with Gasteiger partial charge >= 0.3 is 0 Å². The summed E-state index contributed by atoms with van der Waals surface area (Å²) in [7, 11) is 2.11. The van der Waals surface area contributed by atoms with Crippen LogP contribution in [0.15, 0.2) is 24.3 Å². The van der Waals surface area contributed by atoms with Crippen molar-refractivity contribution in [1.82, 2.24) is 44.5 Å². The van der Waals surface area contributed by atoms with Gasteiger partial charge in [-0.15, -0.1) is 25.5 Å². The van der Waals surface area contributed by atoms with Gasteiger partial charge in [0, 0.05) is 19.1 Å². The number of aromatic nitrogens is 8. The van der Waals surface area contributed by atoms with E-state index in [1.807, 2.05) is 42.6 Å². The number of aryl methyl sites for hydroxylation is 2. The van der Waals surface area contributed by atoms with Crippen molar-refractivity contribution in [2.75, 3.05) is 25.0 Å². The average Bonchev–Trinajstić information content (AvgIpc) is 3.18. The first kappa shape index (κ1) is 16.1. The first-order valence-corrected chi connectivity index (χ1v) is 8.91. The molecule has 0 radical (unpaired) electrons. The third-order valence-corrected chi connectivity index (χ3v) is 5.07. The minimum atomic E-state index is 0.432. The van der Waals surface area contributed by atoms with Crippen LogP contribution in [0, 0.1) is 13.8 Å². The number of rotatable bonds is 4. The fourth-order valence-electron chi connectivity index (χ4n) is 3.35. The van der Waals surface area contributed by atoms with E-state index in [-0.39, 0.29) is 0 Å². The maximum Gasteiger partial charge on any atom is 0.178 e. The van der Waals surface area contributed by atoms with Crippen molar-refractivity contribution in [3.05, 3.63) is 41.6 Å². The third-order valence-electron chi connectivity index (χ3n) is 5.07. The molecule has 4 aromatic heterocycles. The Bertz CT molecular complexity index is 1120. The van der Waals surface area contributed by atoms with Crippen molar-refractivity contribution >= 4 is 17.1 Å². The lowest BCUT2D eigenvalue weighted by atomic mass is 10.1. The van der Waals surface area contributed by atoms with Gasteiger partial charge in [-0.2, -0.15) is 14.1 Å². The molecule has 10 nitrogen and oxygen atoms in total. The van der Waals surface area contributed by atoms with Gasteiger partial charge in [0.15, 0.2) is 22.9 Å². The third kappa shape index (κ3) is 2.69. The maximum atomic E-state index is 4.64. The minimum Gasteiger partial charge on any atom is -0.352 e. The Labute approximate surface area is 155 Å². The van der Waals surface area contributed by atoms with Crippen LogP contribution in [0.25, 0.3) is 11.3 Å². The molecule has 1 saturated heterocycles. The lowest BCUT2D eigenvalue weighted by molar-refractivity contribution is 0.191. The Morgan fingerprint density at radius 2 is 1.67 bits per heavy atom. The Balaban J connectivity index is 1.28. The first-order chi connectivity index (χ1) is 13.1. The van der Waals surface area contributed by atoms with Gasteiger partial charge < -0.3 is 4.90 Å². The molecule has 1 aliphatic rings. The van der Waals surface area contributed by atoms with Crippen LogP contribution in [0.4, 0.5) is 5.82 Å². The molecule has 0 bridgehead atoms. The zero-order valence-corrected chi connectivity index (χ0v) is 15.5. The second-order valence-electron chi connectivity index (χ2n) is 7.04. The van der Waals surface area contributed by atoms with Crippen molar-refractivity contribution in [1.29, 1.82) is 0 Å². The second-order valence-corrected chi connectivity index (χ2v) is 7.04. The zero-order chi connectivity index (χ0) is 18.5. The number of hydrogen-bond donors (Lipinski definition) is 0. The van der Waals surface area contributed by atoms with E-state index in [9.17, 15) is 0 Å². The Morgan fingerprint density at radius 1 is 0.926 bits per heavy atom. The molecule has 0 saturated carbocycles. The molecule has 1 aliphatic heterocycles. The normalized spacial score (nSPS) is 15.2. The van der Waals surface area contributed by atoms with Crippen LogP contribution >= 0.6 is 0 Å². The van der Waals surface area contributed by atoms with Crippen LogP contribution in [0.1, 0.15) is 17.3 Å². The number of hydrogen-bond acceptors (Lipinski definition) is 8. The van der Waals surface area contributed by atoms with E-state index in [2.05, 4.69) is 47.4 Å². The summed E-state index contributed by atoms with van der Waals surface area (Å²) in [5, 5.41) is 25.8. The van der Waals surface area contributed by atoms with Gasteiger partial charge in [0.25, 0.3) is 0 Å². The molecule has 0 aliphatic carbocycles. The maximum absolute atomic E-state index is 4.64.